The van der Waals surface area contributed by atoms with Crippen molar-refractivity contribution in [3.63, 3.8) is 0 Å². The average Bonchev–Trinajstić information content (AvgIpc) is 3.60. The average molecular weight is 406 g/mol. The summed E-state index contributed by atoms with van der Waals surface area (Å²) in [7, 11) is 3.29. The van der Waals surface area contributed by atoms with E-state index < -0.39 is 11.1 Å². The van der Waals surface area contributed by atoms with E-state index in [0.29, 0.717) is 12.3 Å². The first-order valence-electron chi connectivity index (χ1n) is 10.7. The second kappa shape index (κ2) is 7.10. The zero-order chi connectivity index (χ0) is 21.9. The van der Waals surface area contributed by atoms with Gasteiger partial charge in [-0.25, -0.2) is 0 Å². The van der Waals surface area contributed by atoms with Gasteiger partial charge >= 0.3 is 0 Å². The summed E-state index contributed by atoms with van der Waals surface area (Å²) in [5.41, 5.74) is -1.77. The second-order valence-corrected chi connectivity index (χ2v) is 10.0. The van der Waals surface area contributed by atoms with Gasteiger partial charge in [0.15, 0.2) is 0 Å². The molecule has 0 aromatic heterocycles. The Kier molecular flexibility index (Phi) is 5.33. The van der Waals surface area contributed by atoms with E-state index in [1.165, 1.54) is 9.80 Å². The van der Waals surface area contributed by atoms with Crippen molar-refractivity contribution in [2.45, 2.75) is 58.5 Å². The van der Waals surface area contributed by atoms with E-state index in [0.717, 1.165) is 12.7 Å². The molecule has 6 atom stereocenters. The Hall–Kier alpha value is -1.92. The lowest BCUT2D eigenvalue weighted by molar-refractivity contribution is -0.145. The van der Waals surface area contributed by atoms with Crippen LogP contribution >= 0.6 is 0 Å². The van der Waals surface area contributed by atoms with Crippen LogP contribution in [-0.4, -0.2) is 65.5 Å². The molecule has 0 aliphatic heterocycles. The lowest BCUT2D eigenvalue weighted by Gasteiger charge is -2.32. The van der Waals surface area contributed by atoms with Gasteiger partial charge in [-0.2, -0.15) is 0 Å². The fourth-order valence-corrected chi connectivity index (χ4v) is 5.01. The maximum absolute atomic E-state index is 13.3. The summed E-state index contributed by atoms with van der Waals surface area (Å²) in [4.78, 5) is 53.4. The Morgan fingerprint density at radius 1 is 1.14 bits per heavy atom. The molecule has 162 valence electrons. The maximum Gasteiger partial charge on any atom is 0.247 e. The molecule has 3 aliphatic rings. The van der Waals surface area contributed by atoms with Crippen LogP contribution in [0.3, 0.4) is 0 Å². The van der Waals surface area contributed by atoms with Crippen LogP contribution in [-0.2, 0) is 19.2 Å². The fourth-order valence-electron chi connectivity index (χ4n) is 5.01. The molecule has 3 amide bonds. The van der Waals surface area contributed by atoms with Crippen molar-refractivity contribution in [1.29, 1.82) is 0 Å². The molecule has 0 aromatic rings. The Labute approximate surface area is 173 Å². The zero-order valence-corrected chi connectivity index (χ0v) is 18.7. The molecule has 29 heavy (non-hydrogen) atoms. The predicted molar refractivity (Wildman–Crippen MR) is 109 cm³/mol. The van der Waals surface area contributed by atoms with Gasteiger partial charge in [0.2, 0.25) is 17.7 Å². The highest BCUT2D eigenvalue weighted by Crippen LogP contribution is 2.55. The maximum atomic E-state index is 13.3. The smallest absolute Gasteiger partial charge is 0.247 e. The van der Waals surface area contributed by atoms with Gasteiger partial charge < -0.3 is 19.9 Å². The van der Waals surface area contributed by atoms with Crippen molar-refractivity contribution in [2.24, 2.45) is 35.5 Å². The minimum atomic E-state index is -0.944. The largest absolute Gasteiger partial charge is 0.341 e. The third-order valence-corrected chi connectivity index (χ3v) is 8.00. The first-order valence-corrected chi connectivity index (χ1v) is 10.7. The van der Waals surface area contributed by atoms with Gasteiger partial charge in [-0.1, -0.05) is 34.6 Å². The fraction of sp³-hybridized carbons (Fsp3) is 0.818. The molecule has 0 spiro atoms. The highest BCUT2D eigenvalue weighted by atomic mass is 16.2. The van der Waals surface area contributed by atoms with E-state index in [2.05, 4.69) is 5.32 Å². The van der Waals surface area contributed by atoms with E-state index in [1.807, 2.05) is 34.6 Å². The molecule has 7 heteroatoms. The Balaban J connectivity index is 1.72. The van der Waals surface area contributed by atoms with Crippen LogP contribution < -0.4 is 5.32 Å². The summed E-state index contributed by atoms with van der Waals surface area (Å²) >= 11 is 0. The molecule has 0 saturated heterocycles. The zero-order valence-electron chi connectivity index (χ0n) is 18.7. The third-order valence-electron chi connectivity index (χ3n) is 8.00. The summed E-state index contributed by atoms with van der Waals surface area (Å²) in [6.45, 7) is 9.98. The summed E-state index contributed by atoms with van der Waals surface area (Å²) in [5.74, 6) is 0.331. The van der Waals surface area contributed by atoms with Crippen LogP contribution in [0.5, 0.6) is 0 Å². The van der Waals surface area contributed by atoms with E-state index >= 15 is 0 Å². The van der Waals surface area contributed by atoms with Crippen LogP contribution in [0.15, 0.2) is 0 Å². The normalized spacial score (nSPS) is 39.5. The molecule has 0 heterocycles. The predicted octanol–water partition coefficient (Wildman–Crippen LogP) is 1.31. The second-order valence-electron chi connectivity index (χ2n) is 10.0. The quantitative estimate of drug-likeness (QED) is 0.617. The lowest BCUT2D eigenvalue weighted by atomic mass is 10.0. The summed E-state index contributed by atoms with van der Waals surface area (Å²) in [6.07, 6.45) is 2.29. The molecule has 1 N–H and O–H groups in total. The number of carbonyl (C=O) groups excluding carboxylic acids is 4. The van der Waals surface area contributed by atoms with Crippen LogP contribution in [0.2, 0.25) is 0 Å². The van der Waals surface area contributed by atoms with Gasteiger partial charge in [0.1, 0.15) is 17.4 Å². The molecule has 3 aliphatic carbocycles. The standard InChI is InChI=1S/C22H35N3O4/c1-12(2)17-9-22(17,20(29)23-21(11-26)14(4)15(21)5)25(7)18(27)10-24(6)19(28)16-8-13(16)3/h11-17H,8-10H2,1-7H3,(H,23,29)/t13-,14?,15?,16+,17+,21?,22?/m1/s1. The topological polar surface area (TPSA) is 86.8 Å². The molecular weight excluding hydrogens is 370 g/mol. The van der Waals surface area contributed by atoms with E-state index in [9.17, 15) is 19.2 Å². The van der Waals surface area contributed by atoms with Gasteiger partial charge in [-0.3, -0.25) is 14.4 Å². The molecular formula is C22H35N3O4. The highest BCUT2D eigenvalue weighted by Gasteiger charge is 2.68. The van der Waals surface area contributed by atoms with Crippen molar-refractivity contribution in [1.82, 2.24) is 15.1 Å². The summed E-state index contributed by atoms with van der Waals surface area (Å²) in [6, 6.07) is 0. The molecule has 3 unspecified atom stereocenters. The SMILES string of the molecule is CC(C)[C@@H]1CC1(C(=O)NC1(C=O)C(C)C1C)N(C)C(=O)CN(C)C(=O)[C@H]1C[C@H]1C. The number of carbonyl (C=O) groups is 4. The lowest BCUT2D eigenvalue weighted by Crippen LogP contribution is -2.57. The number of nitrogens with one attached hydrogen (secondary N) is 1. The van der Waals surface area contributed by atoms with E-state index in [4.69, 9.17) is 0 Å². The van der Waals surface area contributed by atoms with Crippen molar-refractivity contribution in [3.05, 3.63) is 0 Å². The van der Waals surface area contributed by atoms with Crippen LogP contribution in [0, 0.1) is 35.5 Å². The van der Waals surface area contributed by atoms with E-state index in [-0.39, 0.29) is 53.9 Å². The van der Waals surface area contributed by atoms with Gasteiger partial charge in [-0.05, 0) is 42.4 Å². The van der Waals surface area contributed by atoms with Crippen molar-refractivity contribution >= 4 is 24.0 Å². The number of hydrogen-bond acceptors (Lipinski definition) is 4. The van der Waals surface area contributed by atoms with Crippen molar-refractivity contribution in [3.8, 4) is 0 Å². The van der Waals surface area contributed by atoms with Gasteiger partial charge in [-0.15, -0.1) is 0 Å². The van der Waals surface area contributed by atoms with Gasteiger partial charge in [0.25, 0.3) is 0 Å². The number of aldehydes is 1. The molecule has 0 radical (unpaired) electrons. The van der Waals surface area contributed by atoms with Gasteiger partial charge in [0, 0.05) is 20.0 Å². The van der Waals surface area contributed by atoms with Gasteiger partial charge in [0.05, 0.1) is 6.54 Å². The summed E-state index contributed by atoms with van der Waals surface area (Å²) in [5, 5.41) is 2.97. The number of amides is 3. The number of rotatable bonds is 8. The van der Waals surface area contributed by atoms with Crippen LogP contribution in [0.1, 0.15) is 47.5 Å². The van der Waals surface area contributed by atoms with Crippen molar-refractivity contribution in [2.75, 3.05) is 20.6 Å². The Bertz CT molecular complexity index is 728. The molecule has 7 nitrogen and oxygen atoms in total. The third kappa shape index (κ3) is 3.36. The first-order chi connectivity index (χ1) is 13.4. The van der Waals surface area contributed by atoms with Crippen molar-refractivity contribution < 1.29 is 19.2 Å². The van der Waals surface area contributed by atoms with Crippen LogP contribution in [0.25, 0.3) is 0 Å². The molecule has 3 saturated carbocycles. The Morgan fingerprint density at radius 3 is 2.07 bits per heavy atom. The number of likely N-dealkylation sites (N-methyl/N-ethyl adjacent to an activating group) is 2. The molecule has 0 bridgehead atoms. The monoisotopic (exact) mass is 405 g/mol. The van der Waals surface area contributed by atoms with Crippen LogP contribution in [0.4, 0.5) is 0 Å². The molecule has 0 aromatic carbocycles. The minimum Gasteiger partial charge on any atom is -0.341 e. The molecule has 3 rings (SSSR count). The Morgan fingerprint density at radius 2 is 1.69 bits per heavy atom. The minimum absolute atomic E-state index is 0.00510. The first kappa shape index (κ1) is 21.8. The number of nitrogens with zero attached hydrogens (tertiary/aromatic N) is 2. The number of hydrogen-bond donors (Lipinski definition) is 1. The highest BCUT2D eigenvalue weighted by molar-refractivity contribution is 5.98. The van der Waals surface area contributed by atoms with E-state index in [1.54, 1.807) is 14.1 Å². The molecule has 3 fully saturated rings. The summed E-state index contributed by atoms with van der Waals surface area (Å²) < 4.78 is 0.